The number of allylic oxidation sites excluding steroid dienone is 2. The predicted octanol–water partition coefficient (Wildman–Crippen LogP) is 4.29. The lowest BCUT2D eigenvalue weighted by Crippen LogP contribution is -2.46. The van der Waals surface area contributed by atoms with Gasteiger partial charge >= 0.3 is 23.9 Å². The lowest BCUT2D eigenvalue weighted by Gasteiger charge is -2.34. The lowest BCUT2D eigenvalue weighted by molar-refractivity contribution is -0.134. The highest BCUT2D eigenvalue weighted by Crippen LogP contribution is 2.22. The fourth-order valence-electron chi connectivity index (χ4n) is 4.33. The first kappa shape index (κ1) is 37.7. The molecular weight excluding hydrogens is 570 g/mol. The molecule has 1 aromatic carbocycles. The van der Waals surface area contributed by atoms with Crippen molar-refractivity contribution in [2.75, 3.05) is 39.3 Å². The number of carboxylic acid groups (broad SMARTS) is 4. The van der Waals surface area contributed by atoms with Crippen LogP contribution in [0.3, 0.4) is 0 Å². The SMILES string of the molecule is CCC/C=C1\CCCC\C1=N/OCCCN1CCN(Cc2ccccc2)CC1.O=C(O)/C=C/C(=O)O.O=C(O)/C=C/C(=O)O. The maximum atomic E-state index is 9.55. The number of nitrogens with zero attached hydrogens (tertiary/aromatic N) is 3. The molecule has 12 nitrogen and oxygen atoms in total. The molecule has 0 bridgehead atoms. The Labute approximate surface area is 258 Å². The maximum absolute atomic E-state index is 9.55. The highest BCUT2D eigenvalue weighted by Gasteiger charge is 2.17. The number of oxime groups is 1. The monoisotopic (exact) mass is 615 g/mol. The average Bonchev–Trinajstić information content (AvgIpc) is 3.00. The van der Waals surface area contributed by atoms with E-state index in [2.05, 4.69) is 58.3 Å². The van der Waals surface area contributed by atoms with E-state index in [-0.39, 0.29) is 0 Å². The van der Waals surface area contributed by atoms with E-state index in [9.17, 15) is 19.2 Å². The fraction of sp³-hybridized carbons (Fsp3) is 0.469. The minimum atomic E-state index is -1.26. The predicted molar refractivity (Wildman–Crippen MR) is 166 cm³/mol. The second-order valence-electron chi connectivity index (χ2n) is 10.1. The van der Waals surface area contributed by atoms with Crippen molar-refractivity contribution in [3.8, 4) is 0 Å². The molecule has 12 heteroatoms. The van der Waals surface area contributed by atoms with Crippen molar-refractivity contribution in [3.63, 3.8) is 0 Å². The molecule has 0 spiro atoms. The van der Waals surface area contributed by atoms with Gasteiger partial charge < -0.3 is 30.2 Å². The molecule has 4 N–H and O–H groups in total. The number of piperazine rings is 1. The van der Waals surface area contributed by atoms with Crippen LogP contribution in [0.15, 0.2) is 71.4 Å². The number of aliphatic carboxylic acids is 4. The molecule has 2 aliphatic rings. The summed E-state index contributed by atoms with van der Waals surface area (Å²) in [5, 5.41) is 35.7. The molecular formula is C32H45N3O9. The molecule has 1 heterocycles. The molecule has 44 heavy (non-hydrogen) atoms. The summed E-state index contributed by atoms with van der Waals surface area (Å²) in [7, 11) is 0. The van der Waals surface area contributed by atoms with Gasteiger partial charge in [-0.25, -0.2) is 19.2 Å². The lowest BCUT2D eigenvalue weighted by atomic mass is 9.92. The van der Waals surface area contributed by atoms with Crippen molar-refractivity contribution >= 4 is 29.6 Å². The van der Waals surface area contributed by atoms with E-state index in [4.69, 9.17) is 25.3 Å². The highest BCUT2D eigenvalue weighted by atomic mass is 16.6. The molecule has 1 saturated heterocycles. The summed E-state index contributed by atoms with van der Waals surface area (Å²) in [6.45, 7) is 9.78. The molecule has 3 rings (SSSR count). The van der Waals surface area contributed by atoms with Crippen molar-refractivity contribution in [1.29, 1.82) is 0 Å². The van der Waals surface area contributed by atoms with Crippen LogP contribution in [0.2, 0.25) is 0 Å². The summed E-state index contributed by atoms with van der Waals surface area (Å²) >= 11 is 0. The number of benzene rings is 1. The van der Waals surface area contributed by atoms with Crippen LogP contribution in [0.1, 0.15) is 57.4 Å². The Kier molecular flexibility index (Phi) is 19.9. The Morgan fingerprint density at radius 3 is 1.84 bits per heavy atom. The molecule has 1 aliphatic carbocycles. The summed E-state index contributed by atoms with van der Waals surface area (Å²) in [5.41, 5.74) is 4.05. The van der Waals surface area contributed by atoms with Gasteiger partial charge in [-0.05, 0) is 49.7 Å². The Balaban J connectivity index is 0.000000498. The van der Waals surface area contributed by atoms with Gasteiger partial charge in [0.15, 0.2) is 0 Å². The minimum absolute atomic E-state index is 0.558. The summed E-state index contributed by atoms with van der Waals surface area (Å²) in [6.07, 6.45) is 12.8. The third-order valence-electron chi connectivity index (χ3n) is 6.50. The second-order valence-corrected chi connectivity index (χ2v) is 10.1. The molecule has 0 aromatic heterocycles. The zero-order chi connectivity index (χ0) is 32.6. The molecule has 0 atom stereocenters. The first-order valence-electron chi connectivity index (χ1n) is 14.7. The topological polar surface area (TPSA) is 177 Å². The Bertz CT molecular complexity index is 1070. The Morgan fingerprint density at radius 2 is 1.32 bits per heavy atom. The molecule has 1 aliphatic heterocycles. The molecule has 1 saturated carbocycles. The smallest absolute Gasteiger partial charge is 0.328 e. The van der Waals surface area contributed by atoms with Crippen LogP contribution in [0.4, 0.5) is 0 Å². The third-order valence-corrected chi connectivity index (χ3v) is 6.50. The van der Waals surface area contributed by atoms with Crippen LogP contribution in [0.5, 0.6) is 0 Å². The van der Waals surface area contributed by atoms with Crippen LogP contribution < -0.4 is 0 Å². The summed E-state index contributed by atoms with van der Waals surface area (Å²) in [6, 6.07) is 10.8. The van der Waals surface area contributed by atoms with Gasteiger partial charge in [-0.1, -0.05) is 54.9 Å². The van der Waals surface area contributed by atoms with Gasteiger partial charge in [0.05, 0.1) is 5.71 Å². The zero-order valence-electron chi connectivity index (χ0n) is 25.3. The largest absolute Gasteiger partial charge is 0.478 e. The van der Waals surface area contributed by atoms with E-state index < -0.39 is 23.9 Å². The van der Waals surface area contributed by atoms with E-state index in [0.717, 1.165) is 65.1 Å². The quantitative estimate of drug-likeness (QED) is 0.141. The van der Waals surface area contributed by atoms with Gasteiger partial charge in [0.25, 0.3) is 0 Å². The standard InChI is InChI=1S/C24H37N3O.2C4H4O4/c1-2-3-12-23-13-7-8-14-24(23)25-28-20-9-15-26-16-18-27(19-17-26)21-22-10-5-4-6-11-22;2*5-3(6)1-2-4(7)8/h4-6,10-12H,2-3,7-9,13-21H2,1H3;2*1-2H,(H,5,6)(H,7,8)/b23-12+,25-24+;2*2-1+. The molecule has 0 amide bonds. The molecule has 1 aromatic rings. The van der Waals surface area contributed by atoms with Crippen LogP contribution in [0, 0.1) is 0 Å². The van der Waals surface area contributed by atoms with Crippen LogP contribution in [0.25, 0.3) is 0 Å². The van der Waals surface area contributed by atoms with Gasteiger partial charge in [0.2, 0.25) is 0 Å². The van der Waals surface area contributed by atoms with Gasteiger partial charge in [-0.2, -0.15) is 0 Å². The molecule has 2 fully saturated rings. The van der Waals surface area contributed by atoms with Crippen molar-refractivity contribution < 1.29 is 44.4 Å². The number of unbranched alkanes of at least 4 members (excludes halogenated alkanes) is 1. The van der Waals surface area contributed by atoms with Crippen LogP contribution in [-0.2, 0) is 30.6 Å². The van der Waals surface area contributed by atoms with Crippen LogP contribution >= 0.6 is 0 Å². The van der Waals surface area contributed by atoms with Crippen molar-refractivity contribution in [1.82, 2.24) is 9.80 Å². The molecule has 0 unspecified atom stereocenters. The summed E-state index contributed by atoms with van der Waals surface area (Å²) in [5.74, 6) is -5.03. The average molecular weight is 616 g/mol. The number of rotatable bonds is 13. The Hall–Kier alpha value is -4.29. The van der Waals surface area contributed by atoms with Crippen molar-refractivity contribution in [3.05, 3.63) is 71.8 Å². The highest BCUT2D eigenvalue weighted by molar-refractivity contribution is 6.00. The molecule has 242 valence electrons. The van der Waals surface area contributed by atoms with Crippen molar-refractivity contribution in [2.24, 2.45) is 5.16 Å². The first-order valence-corrected chi connectivity index (χ1v) is 14.7. The van der Waals surface area contributed by atoms with Gasteiger partial charge in [0.1, 0.15) is 6.61 Å². The van der Waals surface area contributed by atoms with Gasteiger partial charge in [0, 0.05) is 63.6 Å². The van der Waals surface area contributed by atoms with E-state index in [0.29, 0.717) is 24.3 Å². The normalized spacial score (nSPS) is 17.5. The van der Waals surface area contributed by atoms with Gasteiger partial charge in [-0.3, -0.25) is 4.90 Å². The van der Waals surface area contributed by atoms with Crippen LogP contribution in [-0.4, -0.2) is 99.1 Å². The first-order chi connectivity index (χ1) is 21.1. The number of carbonyl (C=O) groups is 4. The van der Waals surface area contributed by atoms with E-state index in [1.807, 2.05) is 0 Å². The van der Waals surface area contributed by atoms with Crippen molar-refractivity contribution in [2.45, 2.75) is 58.4 Å². The third kappa shape index (κ3) is 19.8. The Morgan fingerprint density at radius 1 is 0.795 bits per heavy atom. The zero-order valence-corrected chi connectivity index (χ0v) is 25.3. The number of hydrogen-bond acceptors (Lipinski definition) is 8. The van der Waals surface area contributed by atoms with E-state index in [1.54, 1.807) is 0 Å². The van der Waals surface area contributed by atoms with Gasteiger partial charge in [-0.15, -0.1) is 0 Å². The molecule has 0 radical (unpaired) electrons. The summed E-state index contributed by atoms with van der Waals surface area (Å²) < 4.78 is 0. The van der Waals surface area contributed by atoms with E-state index in [1.165, 1.54) is 42.5 Å². The number of carboxylic acids is 4. The maximum Gasteiger partial charge on any atom is 0.328 e. The van der Waals surface area contributed by atoms with E-state index >= 15 is 0 Å². The summed E-state index contributed by atoms with van der Waals surface area (Å²) in [4.78, 5) is 49.0. The fourth-order valence-corrected chi connectivity index (χ4v) is 4.33. The number of hydrogen-bond donors (Lipinski definition) is 4. The minimum Gasteiger partial charge on any atom is -0.478 e. The second kappa shape index (κ2) is 23.2.